The molecule has 1 aliphatic carbocycles. The molecule has 2 aliphatic rings. The van der Waals surface area contributed by atoms with Crippen LogP contribution in [0.2, 0.25) is 0 Å². The van der Waals surface area contributed by atoms with E-state index in [1.165, 1.54) is 17.9 Å². The Balaban J connectivity index is 2.05. The van der Waals surface area contributed by atoms with E-state index in [1.54, 1.807) is 12.1 Å². The Hall–Kier alpha value is -1.14. The van der Waals surface area contributed by atoms with E-state index in [-0.39, 0.29) is 16.7 Å². The van der Waals surface area contributed by atoms with Crippen LogP contribution in [-0.2, 0) is 9.59 Å². The van der Waals surface area contributed by atoms with Crippen LogP contribution in [0.3, 0.4) is 0 Å². The van der Waals surface area contributed by atoms with Crippen molar-refractivity contribution < 1.29 is 14.0 Å². The third-order valence-electron chi connectivity index (χ3n) is 3.97. The standard InChI is InChI=1S/C16H15BrFNO2S/c1-9(20)22-16-12-5-3-2-4-11(12)15(21)19(16)14-7-6-10(17)8-13(14)18/h6-8,16H,2-5H2,1H3. The molecule has 22 heavy (non-hydrogen) atoms. The highest BCUT2D eigenvalue weighted by atomic mass is 79.9. The van der Waals surface area contributed by atoms with Crippen molar-refractivity contribution in [3.8, 4) is 0 Å². The van der Waals surface area contributed by atoms with Crippen molar-refractivity contribution in [2.45, 2.75) is 38.0 Å². The van der Waals surface area contributed by atoms with Crippen LogP contribution < -0.4 is 4.90 Å². The molecule has 0 saturated carbocycles. The lowest BCUT2D eigenvalue weighted by atomic mass is 9.94. The van der Waals surface area contributed by atoms with Gasteiger partial charge in [0.1, 0.15) is 11.2 Å². The lowest BCUT2D eigenvalue weighted by Gasteiger charge is -2.26. The normalized spacial score (nSPS) is 21.3. The average Bonchev–Trinajstić information content (AvgIpc) is 2.73. The number of halogens is 2. The van der Waals surface area contributed by atoms with E-state index in [9.17, 15) is 14.0 Å². The Morgan fingerprint density at radius 2 is 2.09 bits per heavy atom. The predicted octanol–water partition coefficient (Wildman–Crippen LogP) is 4.41. The molecule has 1 aromatic rings. The van der Waals surface area contributed by atoms with Crippen molar-refractivity contribution in [1.29, 1.82) is 0 Å². The van der Waals surface area contributed by atoms with Crippen LogP contribution in [0, 0.1) is 5.82 Å². The number of rotatable bonds is 2. The number of thioether (sulfide) groups is 1. The lowest BCUT2D eigenvalue weighted by Crippen LogP contribution is -2.35. The maximum absolute atomic E-state index is 14.3. The van der Waals surface area contributed by atoms with Crippen LogP contribution in [0.25, 0.3) is 0 Å². The molecule has 116 valence electrons. The predicted molar refractivity (Wildman–Crippen MR) is 89.1 cm³/mol. The van der Waals surface area contributed by atoms with Crippen molar-refractivity contribution in [1.82, 2.24) is 0 Å². The first-order chi connectivity index (χ1) is 10.5. The SMILES string of the molecule is CC(=O)SC1C2=C(CCCC2)C(=O)N1c1ccc(Br)cc1F. The molecule has 0 N–H and O–H groups in total. The number of carbonyl (C=O) groups excluding carboxylic acids is 2. The molecular formula is C16H15BrFNO2S. The van der Waals surface area contributed by atoms with Gasteiger partial charge >= 0.3 is 0 Å². The summed E-state index contributed by atoms with van der Waals surface area (Å²) in [6.07, 6.45) is 3.51. The summed E-state index contributed by atoms with van der Waals surface area (Å²) in [5, 5.41) is -0.476. The van der Waals surface area contributed by atoms with Gasteiger partial charge in [0.2, 0.25) is 0 Å². The van der Waals surface area contributed by atoms with Gasteiger partial charge in [-0.1, -0.05) is 27.7 Å². The van der Waals surface area contributed by atoms with Gasteiger partial charge in [-0.25, -0.2) is 4.39 Å². The fourth-order valence-corrected chi connectivity index (χ4v) is 4.41. The minimum absolute atomic E-state index is 0.0698. The van der Waals surface area contributed by atoms with Crippen LogP contribution in [0.5, 0.6) is 0 Å². The third-order valence-corrected chi connectivity index (χ3v) is 5.51. The van der Waals surface area contributed by atoms with E-state index in [0.29, 0.717) is 4.47 Å². The van der Waals surface area contributed by atoms with Crippen LogP contribution in [0.4, 0.5) is 10.1 Å². The number of nitrogens with zero attached hydrogens (tertiary/aromatic N) is 1. The van der Waals surface area contributed by atoms with Gasteiger partial charge in [0, 0.05) is 17.0 Å². The number of benzene rings is 1. The Kier molecular flexibility index (Phi) is 4.41. The summed E-state index contributed by atoms with van der Waals surface area (Å²) < 4.78 is 14.9. The summed E-state index contributed by atoms with van der Waals surface area (Å²) in [4.78, 5) is 25.8. The Morgan fingerprint density at radius 1 is 1.36 bits per heavy atom. The molecule has 0 bridgehead atoms. The second-order valence-corrected chi connectivity index (χ2v) is 7.62. The molecule has 3 nitrogen and oxygen atoms in total. The van der Waals surface area contributed by atoms with Crippen molar-refractivity contribution in [3.63, 3.8) is 0 Å². The Bertz CT molecular complexity index is 689. The van der Waals surface area contributed by atoms with E-state index < -0.39 is 11.2 Å². The molecule has 1 unspecified atom stereocenters. The fraction of sp³-hybridized carbons (Fsp3) is 0.375. The van der Waals surface area contributed by atoms with E-state index in [2.05, 4.69) is 15.9 Å². The molecular weight excluding hydrogens is 369 g/mol. The summed E-state index contributed by atoms with van der Waals surface area (Å²) in [7, 11) is 0. The minimum Gasteiger partial charge on any atom is -0.289 e. The lowest BCUT2D eigenvalue weighted by molar-refractivity contribution is -0.114. The minimum atomic E-state index is -0.461. The monoisotopic (exact) mass is 383 g/mol. The van der Waals surface area contributed by atoms with E-state index >= 15 is 0 Å². The highest BCUT2D eigenvalue weighted by Gasteiger charge is 2.42. The van der Waals surface area contributed by atoms with E-state index in [0.717, 1.165) is 48.6 Å². The summed E-state index contributed by atoms with van der Waals surface area (Å²) in [6.45, 7) is 1.48. The second-order valence-electron chi connectivity index (χ2n) is 5.44. The van der Waals surface area contributed by atoms with Crippen LogP contribution in [-0.4, -0.2) is 16.4 Å². The summed E-state index contributed by atoms with van der Waals surface area (Å²) in [5.74, 6) is -0.619. The molecule has 1 aliphatic heterocycles. The number of hydrogen-bond acceptors (Lipinski definition) is 3. The van der Waals surface area contributed by atoms with Crippen LogP contribution in [0.15, 0.2) is 33.8 Å². The van der Waals surface area contributed by atoms with Gasteiger partial charge < -0.3 is 0 Å². The Labute approximate surface area is 141 Å². The molecule has 3 rings (SSSR count). The molecule has 1 heterocycles. The van der Waals surface area contributed by atoms with Gasteiger partial charge in [-0.2, -0.15) is 0 Å². The molecule has 1 aromatic carbocycles. The van der Waals surface area contributed by atoms with E-state index in [1.807, 2.05) is 0 Å². The summed E-state index contributed by atoms with van der Waals surface area (Å²) in [6, 6.07) is 4.64. The highest BCUT2D eigenvalue weighted by molar-refractivity contribution is 9.10. The van der Waals surface area contributed by atoms with Gasteiger partial charge in [0.25, 0.3) is 5.91 Å². The smallest absolute Gasteiger partial charge is 0.255 e. The maximum Gasteiger partial charge on any atom is 0.255 e. The van der Waals surface area contributed by atoms with Crippen LogP contribution in [0.1, 0.15) is 32.6 Å². The highest BCUT2D eigenvalue weighted by Crippen LogP contribution is 2.44. The van der Waals surface area contributed by atoms with Crippen molar-refractivity contribution in [2.24, 2.45) is 0 Å². The van der Waals surface area contributed by atoms with Gasteiger partial charge in [-0.15, -0.1) is 0 Å². The zero-order chi connectivity index (χ0) is 15.9. The van der Waals surface area contributed by atoms with Crippen molar-refractivity contribution in [2.75, 3.05) is 4.90 Å². The average molecular weight is 384 g/mol. The molecule has 0 radical (unpaired) electrons. The summed E-state index contributed by atoms with van der Waals surface area (Å²) in [5.41, 5.74) is 2.01. The van der Waals surface area contributed by atoms with Gasteiger partial charge in [0.05, 0.1) is 5.69 Å². The fourth-order valence-electron chi connectivity index (χ4n) is 3.05. The molecule has 0 fully saturated rings. The zero-order valence-electron chi connectivity index (χ0n) is 12.1. The van der Waals surface area contributed by atoms with Crippen LogP contribution >= 0.6 is 27.7 Å². The molecule has 0 spiro atoms. The molecule has 6 heteroatoms. The number of anilines is 1. The van der Waals surface area contributed by atoms with Gasteiger partial charge in [-0.05, 0) is 49.5 Å². The largest absolute Gasteiger partial charge is 0.289 e. The number of amides is 1. The molecule has 0 saturated heterocycles. The topological polar surface area (TPSA) is 37.4 Å². The zero-order valence-corrected chi connectivity index (χ0v) is 14.5. The second kappa shape index (κ2) is 6.16. The van der Waals surface area contributed by atoms with Crippen molar-refractivity contribution in [3.05, 3.63) is 39.6 Å². The summed E-state index contributed by atoms with van der Waals surface area (Å²) >= 11 is 4.32. The van der Waals surface area contributed by atoms with Crippen molar-refractivity contribution >= 4 is 44.4 Å². The first-order valence-electron chi connectivity index (χ1n) is 7.17. The Morgan fingerprint density at radius 3 is 2.77 bits per heavy atom. The maximum atomic E-state index is 14.3. The first kappa shape index (κ1) is 15.7. The number of carbonyl (C=O) groups is 2. The van der Waals surface area contributed by atoms with Gasteiger partial charge in [0.15, 0.2) is 5.12 Å². The van der Waals surface area contributed by atoms with Gasteiger partial charge in [-0.3, -0.25) is 14.5 Å². The van der Waals surface area contributed by atoms with E-state index in [4.69, 9.17) is 0 Å². The number of hydrogen-bond donors (Lipinski definition) is 0. The molecule has 0 aromatic heterocycles. The molecule has 1 amide bonds. The third kappa shape index (κ3) is 2.74. The molecule has 1 atom stereocenters. The first-order valence-corrected chi connectivity index (χ1v) is 8.84. The quantitative estimate of drug-likeness (QED) is 0.758.